The van der Waals surface area contributed by atoms with E-state index < -0.39 is 60.9 Å². The highest BCUT2D eigenvalue weighted by atomic mass is 19.1. The zero-order chi connectivity index (χ0) is 78.1. The minimum absolute atomic E-state index is 0.00685. The molecule has 0 aliphatic rings. The van der Waals surface area contributed by atoms with E-state index in [1.807, 2.05) is 27.7 Å². The van der Waals surface area contributed by atoms with Crippen LogP contribution in [0.3, 0.4) is 0 Å². The van der Waals surface area contributed by atoms with Crippen molar-refractivity contribution in [1.82, 2.24) is 118 Å². The Hall–Kier alpha value is -13.5. The molecule has 0 saturated carbocycles. The lowest BCUT2D eigenvalue weighted by Crippen LogP contribution is -2.12. The van der Waals surface area contributed by atoms with Crippen LogP contribution < -0.4 is 9.47 Å². The van der Waals surface area contributed by atoms with E-state index in [2.05, 4.69) is 90.4 Å². The summed E-state index contributed by atoms with van der Waals surface area (Å²) in [6.45, 7) is 10.4. The molecule has 106 heavy (non-hydrogen) atoms. The lowest BCUT2D eigenvalue weighted by atomic mass is 10.1. The number of carbonyl (C=O) groups is 6. The van der Waals surface area contributed by atoms with Gasteiger partial charge in [-0.2, -0.15) is 40.6 Å². The molecule has 0 radical (unpaired) electrons. The molecular weight excluding hydrogens is 1390 g/mol. The maximum Gasteiger partial charge on any atom is 0.354 e. The van der Waals surface area contributed by atoms with E-state index >= 15 is 0 Å². The number of aromatic nitrogens is 24. The Labute approximate surface area is 599 Å². The van der Waals surface area contributed by atoms with Gasteiger partial charge in [0.15, 0.2) is 28.7 Å². The Kier molecular flexibility index (Phi) is 26.7. The summed E-state index contributed by atoms with van der Waals surface area (Å²) < 4.78 is 45.7. The summed E-state index contributed by atoms with van der Waals surface area (Å²) in [7, 11) is 12.4. The number of carboxylic acids is 3. The van der Waals surface area contributed by atoms with Crippen molar-refractivity contribution in [3.05, 3.63) is 166 Å². The van der Waals surface area contributed by atoms with Gasteiger partial charge in [0.2, 0.25) is 23.2 Å². The van der Waals surface area contributed by atoms with Gasteiger partial charge in [-0.25, -0.2) is 73.0 Å². The first-order valence-electron chi connectivity index (χ1n) is 30.9. The van der Waals surface area contributed by atoms with E-state index in [0.717, 1.165) is 27.3 Å². The number of aryl methyl sites for hydroxylation is 12. The van der Waals surface area contributed by atoms with Gasteiger partial charge < -0.3 is 40.1 Å². The Morgan fingerprint density at radius 2 is 0.708 bits per heavy atom. The standard InChI is InChI=1S/C12H14N4O4.C12H14N4O2.C11H11FN4O2.C11H12N4O2.C10H9FN4O2.C10H10N4O2/c1-16-11(9(18)6-17)7(5-13-16)8-4-10(19-2)15-12(14-8)20-3;1-6-7(2)14-8(3)15-10(6)9-5-13-16(4)11(9)12(17)18;1-6-9(12)10(14-5-13-6)7-3-15-16(2)11(7)8(18)4-17;1-7-3-9(13-6-12-7)8-4-14-15(2)11(8)10(17)5-16;1-5-7(11)8(13-4-12-5)6-3-14-15(2)9(6)10(16)17;1-6-3-8(12-5-11-6)7-4-13-14(2)9(7)10(15)16/h4-5,17H,6H2,1-3H3;5H,1-4H3,(H,17,18);3,5,17H,4H2,1-2H3;3-4,6,16H,5H2,1-2H3;3-4H,1-2H3,(H,16,17);3-5H,1-2H3,(H,15,16). The smallest absolute Gasteiger partial charge is 0.354 e. The van der Waals surface area contributed by atoms with Gasteiger partial charge >= 0.3 is 23.9 Å². The van der Waals surface area contributed by atoms with E-state index in [1.165, 1.54) is 115 Å². The predicted octanol–water partition coefficient (Wildman–Crippen LogP) is 4.34. The Morgan fingerprint density at radius 1 is 0.377 bits per heavy atom. The SMILES string of the molecule is COc1cc(-c2cnn(C)c2C(=O)CO)nc(OC)n1.Cc1cc(-c2cnn(C)c2C(=O)CO)ncn1.Cc1cc(-c2cnn(C)c2C(=O)O)ncn1.Cc1nc(C)c(C)c(-c2cnn(C)c2C(=O)O)n1.Cc1ncnc(-c2cnn(C)c2C(=O)CO)c1F.Cc1ncnc(-c2cnn(C)c2C(=O)O)c1F. The maximum absolute atomic E-state index is 13.9. The summed E-state index contributed by atoms with van der Waals surface area (Å²) in [5, 5.41) is 77.8. The van der Waals surface area contributed by atoms with Crippen molar-refractivity contribution in [3.8, 4) is 79.4 Å². The highest BCUT2D eigenvalue weighted by Crippen LogP contribution is 2.31. The number of hydrogen-bond acceptors (Lipinski definition) is 29. The molecule has 0 aromatic carbocycles. The lowest BCUT2D eigenvalue weighted by molar-refractivity contribution is 0.0675. The molecule has 12 heterocycles. The van der Waals surface area contributed by atoms with Crippen LogP contribution in [0.15, 0.2) is 80.7 Å². The number of aliphatic hydroxyl groups excluding tert-OH is 3. The van der Waals surface area contributed by atoms with Crippen molar-refractivity contribution in [2.24, 2.45) is 42.3 Å². The van der Waals surface area contributed by atoms with Crippen molar-refractivity contribution >= 4 is 35.3 Å². The van der Waals surface area contributed by atoms with Crippen molar-refractivity contribution in [2.75, 3.05) is 34.0 Å². The summed E-state index contributed by atoms with van der Waals surface area (Å²) in [6, 6.07) is 5.17. The first kappa shape index (κ1) is 79.8. The Morgan fingerprint density at radius 3 is 1.08 bits per heavy atom. The second-order valence-electron chi connectivity index (χ2n) is 22.3. The zero-order valence-electron chi connectivity index (χ0n) is 59.6. The van der Waals surface area contributed by atoms with Gasteiger partial charge in [-0.1, -0.05) is 0 Å². The molecule has 0 bridgehead atoms. The number of nitrogens with zero attached hydrogens (tertiary/aromatic N) is 24. The highest BCUT2D eigenvalue weighted by molar-refractivity contribution is 6.03. The summed E-state index contributed by atoms with van der Waals surface area (Å²) in [5.41, 5.74) is 9.24. The molecule has 12 aromatic heterocycles. The summed E-state index contributed by atoms with van der Waals surface area (Å²) in [6.07, 6.45) is 13.9. The first-order valence-corrected chi connectivity index (χ1v) is 30.9. The average molecular weight is 1460 g/mol. The van der Waals surface area contributed by atoms with Crippen molar-refractivity contribution in [2.45, 2.75) is 48.5 Å². The number of carbonyl (C=O) groups excluding carboxylic acids is 3. The normalized spacial score (nSPS) is 10.5. The number of aromatic carboxylic acids is 3. The van der Waals surface area contributed by atoms with Crippen LogP contribution in [-0.4, -0.2) is 218 Å². The molecule has 40 heteroatoms. The van der Waals surface area contributed by atoms with Crippen LogP contribution in [0, 0.1) is 60.1 Å². The van der Waals surface area contributed by atoms with E-state index in [0.29, 0.717) is 62.4 Å². The van der Waals surface area contributed by atoms with Gasteiger partial charge in [-0.3, -0.25) is 42.5 Å². The van der Waals surface area contributed by atoms with Crippen molar-refractivity contribution in [3.63, 3.8) is 0 Å². The molecule has 0 fully saturated rings. The highest BCUT2D eigenvalue weighted by Gasteiger charge is 2.27. The van der Waals surface area contributed by atoms with Crippen molar-refractivity contribution < 1.29 is 77.7 Å². The van der Waals surface area contributed by atoms with E-state index in [9.17, 15) is 42.7 Å². The molecule has 12 rings (SSSR count). The predicted molar refractivity (Wildman–Crippen MR) is 367 cm³/mol. The third kappa shape index (κ3) is 18.4. The molecule has 0 saturated heterocycles. The number of hydrogen-bond donors (Lipinski definition) is 6. The molecule has 0 spiro atoms. The largest absolute Gasteiger partial charge is 0.481 e. The quantitative estimate of drug-likeness (QED) is 0.0690. The zero-order valence-corrected chi connectivity index (χ0v) is 59.6. The minimum atomic E-state index is -1.18. The van der Waals surface area contributed by atoms with Crippen LogP contribution >= 0.6 is 0 Å². The monoisotopic (exact) mass is 1460 g/mol. The number of rotatable bonds is 17. The van der Waals surface area contributed by atoms with Gasteiger partial charge in [-0.05, 0) is 66.2 Å². The van der Waals surface area contributed by atoms with Crippen molar-refractivity contribution in [1.29, 1.82) is 0 Å². The summed E-state index contributed by atoms with van der Waals surface area (Å²) in [5.74, 6) is -4.90. The van der Waals surface area contributed by atoms with Crippen LogP contribution in [0.2, 0.25) is 0 Å². The fourth-order valence-electron chi connectivity index (χ4n) is 9.95. The second-order valence-corrected chi connectivity index (χ2v) is 22.3. The fraction of sp³-hybridized carbons (Fsp3) is 0.273. The Bertz CT molecular complexity index is 5210. The molecule has 552 valence electrons. The number of aliphatic hydroxyl groups is 3. The van der Waals surface area contributed by atoms with Gasteiger partial charge in [0, 0.05) is 76.6 Å². The van der Waals surface area contributed by atoms with E-state index in [-0.39, 0.29) is 74.2 Å². The summed E-state index contributed by atoms with van der Waals surface area (Å²) in [4.78, 5) is 116. The van der Waals surface area contributed by atoms with Crippen LogP contribution in [0.4, 0.5) is 8.78 Å². The second kappa shape index (κ2) is 35.4. The topological polar surface area (TPSA) is 504 Å². The summed E-state index contributed by atoms with van der Waals surface area (Å²) >= 11 is 0. The first-order chi connectivity index (χ1) is 50.3. The van der Waals surface area contributed by atoms with Gasteiger partial charge in [-0.15, -0.1) is 0 Å². The molecular formula is C66H70F2N24O14. The molecule has 12 aromatic rings. The lowest BCUT2D eigenvalue weighted by Gasteiger charge is -2.08. The van der Waals surface area contributed by atoms with Crippen LogP contribution in [0.1, 0.15) is 103 Å². The molecule has 38 nitrogen and oxygen atoms in total. The van der Waals surface area contributed by atoms with Crippen LogP contribution in [0.5, 0.6) is 11.9 Å². The van der Waals surface area contributed by atoms with Gasteiger partial charge in [0.05, 0.1) is 108 Å². The van der Waals surface area contributed by atoms with E-state index in [1.54, 1.807) is 66.6 Å². The number of Topliss-reactive ketones (excluding diaryl/α,β-unsaturated/α-hetero) is 3. The number of carboxylic acid groups (broad SMARTS) is 3. The molecule has 0 amide bonds. The average Bonchev–Trinajstić information content (AvgIpc) is 1.62. The van der Waals surface area contributed by atoms with Gasteiger partial charge in [0.25, 0.3) is 0 Å². The number of ether oxygens (including phenoxy) is 2. The maximum atomic E-state index is 13.9. The Balaban J connectivity index is 0.000000178. The third-order valence-electron chi connectivity index (χ3n) is 15.2. The van der Waals surface area contributed by atoms with Crippen LogP contribution in [-0.2, 0) is 42.3 Å². The fourth-order valence-corrected chi connectivity index (χ4v) is 9.95. The number of methoxy groups -OCH3 is 2. The molecule has 0 aliphatic carbocycles. The molecule has 6 N–H and O–H groups in total. The van der Waals surface area contributed by atoms with Gasteiger partial charge in [0.1, 0.15) is 79.4 Å². The van der Waals surface area contributed by atoms with Crippen LogP contribution in [0.25, 0.3) is 67.5 Å². The molecule has 0 aliphatic heterocycles. The number of ketones is 3. The third-order valence-corrected chi connectivity index (χ3v) is 15.2. The molecule has 0 atom stereocenters. The number of halogens is 2. The molecule has 0 unspecified atom stereocenters. The van der Waals surface area contributed by atoms with E-state index in [4.69, 9.17) is 35.0 Å². The minimum Gasteiger partial charge on any atom is -0.481 e.